The highest BCUT2D eigenvalue weighted by atomic mass is 19.1. The highest BCUT2D eigenvalue weighted by molar-refractivity contribution is 6.01. The summed E-state index contributed by atoms with van der Waals surface area (Å²) in [6, 6.07) is 13.5. The average Bonchev–Trinajstić information content (AvgIpc) is 2.97. The van der Waals surface area contributed by atoms with Crippen LogP contribution in [0.5, 0.6) is 0 Å². The zero-order chi connectivity index (χ0) is 26.2. The van der Waals surface area contributed by atoms with Crippen LogP contribution in [0.3, 0.4) is 0 Å². The van der Waals surface area contributed by atoms with E-state index in [2.05, 4.69) is 15.6 Å². The number of rotatable bonds is 5. The number of fused-ring (bicyclic) bond motifs is 1. The SMILES string of the molecule is CC1(C)CC(=O)C2=C(C1)Nc1ccccc1N(CC(=O)NCc1cccnc1)C2c1ccc(F)cc1F. The van der Waals surface area contributed by atoms with E-state index >= 15 is 4.39 Å². The number of ketones is 1. The average molecular weight is 503 g/mol. The number of pyridine rings is 1. The van der Waals surface area contributed by atoms with Gasteiger partial charge in [-0.1, -0.05) is 38.1 Å². The first-order chi connectivity index (χ1) is 17.7. The molecule has 37 heavy (non-hydrogen) atoms. The number of benzene rings is 2. The predicted molar refractivity (Wildman–Crippen MR) is 138 cm³/mol. The van der Waals surface area contributed by atoms with Gasteiger partial charge in [0.05, 0.1) is 24.0 Å². The zero-order valence-electron chi connectivity index (χ0n) is 20.7. The van der Waals surface area contributed by atoms with E-state index in [4.69, 9.17) is 0 Å². The minimum Gasteiger partial charge on any atom is -0.357 e. The molecule has 0 fully saturated rings. The first kappa shape index (κ1) is 24.6. The Morgan fingerprint density at radius 3 is 2.70 bits per heavy atom. The quantitative estimate of drug-likeness (QED) is 0.496. The molecule has 1 atom stereocenters. The number of amides is 1. The van der Waals surface area contributed by atoms with Crippen LogP contribution >= 0.6 is 0 Å². The van der Waals surface area contributed by atoms with E-state index in [-0.39, 0.29) is 42.2 Å². The lowest BCUT2D eigenvalue weighted by molar-refractivity contribution is -0.121. The monoisotopic (exact) mass is 502 g/mol. The Hall–Kier alpha value is -4.07. The number of Topliss-reactive ketones (excluding diaryl/α,β-unsaturated/α-hetero) is 1. The molecule has 6 nitrogen and oxygen atoms in total. The van der Waals surface area contributed by atoms with Gasteiger partial charge in [0.2, 0.25) is 5.91 Å². The van der Waals surface area contributed by atoms with Crippen molar-refractivity contribution in [1.29, 1.82) is 0 Å². The highest BCUT2D eigenvalue weighted by Crippen LogP contribution is 2.48. The number of para-hydroxylation sites is 2. The van der Waals surface area contributed by atoms with Crippen molar-refractivity contribution < 1.29 is 18.4 Å². The van der Waals surface area contributed by atoms with E-state index < -0.39 is 17.7 Å². The molecule has 1 aromatic heterocycles. The summed E-state index contributed by atoms with van der Waals surface area (Å²) in [7, 11) is 0. The molecule has 0 spiro atoms. The van der Waals surface area contributed by atoms with Gasteiger partial charge in [-0.2, -0.15) is 0 Å². The van der Waals surface area contributed by atoms with Crippen LogP contribution in [0.15, 0.2) is 78.3 Å². The van der Waals surface area contributed by atoms with Gasteiger partial charge in [-0.25, -0.2) is 8.78 Å². The fourth-order valence-corrected chi connectivity index (χ4v) is 5.19. The van der Waals surface area contributed by atoms with E-state index in [1.54, 1.807) is 23.4 Å². The molecule has 2 N–H and O–H groups in total. The van der Waals surface area contributed by atoms with E-state index in [0.717, 1.165) is 11.6 Å². The summed E-state index contributed by atoms with van der Waals surface area (Å²) in [6.07, 6.45) is 4.18. The van der Waals surface area contributed by atoms with Gasteiger partial charge >= 0.3 is 0 Å². The van der Waals surface area contributed by atoms with Crippen molar-refractivity contribution in [3.05, 3.63) is 101 Å². The number of carbonyl (C=O) groups is 2. The van der Waals surface area contributed by atoms with Gasteiger partial charge in [0.15, 0.2) is 5.78 Å². The molecular formula is C29H28F2N4O2. The molecule has 1 unspecified atom stereocenters. The molecule has 2 aliphatic rings. The standard InChI is InChI=1S/C29H28F2N4O2/c1-29(2)13-23-27(25(36)14-29)28(20-10-9-19(30)12-21(20)31)35(24-8-4-3-7-22(24)34-23)17-26(37)33-16-18-6-5-11-32-15-18/h3-12,15,28,34H,13-14,16-17H2,1-2H3,(H,33,37). The number of halogens is 2. The second-order valence-electron chi connectivity index (χ2n) is 10.3. The number of hydrogen-bond acceptors (Lipinski definition) is 5. The molecule has 0 bridgehead atoms. The normalized spacial score (nSPS) is 18.4. The van der Waals surface area contributed by atoms with E-state index in [0.29, 0.717) is 29.1 Å². The van der Waals surface area contributed by atoms with Crippen LogP contribution in [-0.2, 0) is 16.1 Å². The Kier molecular flexibility index (Phi) is 6.50. The second kappa shape index (κ2) is 9.76. The van der Waals surface area contributed by atoms with Crippen molar-refractivity contribution in [2.45, 2.75) is 39.3 Å². The minimum atomic E-state index is -0.917. The Labute approximate surface area is 214 Å². The largest absolute Gasteiger partial charge is 0.357 e. The Balaban J connectivity index is 1.61. The maximum Gasteiger partial charge on any atom is 0.239 e. The minimum absolute atomic E-state index is 0.124. The number of nitrogens with zero attached hydrogens (tertiary/aromatic N) is 2. The molecule has 1 aliphatic carbocycles. The molecule has 2 aromatic carbocycles. The molecular weight excluding hydrogens is 474 g/mol. The zero-order valence-corrected chi connectivity index (χ0v) is 20.7. The van der Waals surface area contributed by atoms with Crippen molar-refractivity contribution in [2.75, 3.05) is 16.8 Å². The van der Waals surface area contributed by atoms with Crippen LogP contribution < -0.4 is 15.5 Å². The number of carbonyl (C=O) groups excluding carboxylic acids is 2. The second-order valence-corrected chi connectivity index (χ2v) is 10.3. The lowest BCUT2D eigenvalue weighted by Gasteiger charge is -2.38. The molecule has 3 aromatic rings. The van der Waals surface area contributed by atoms with Gasteiger partial charge in [-0.15, -0.1) is 0 Å². The van der Waals surface area contributed by atoms with Crippen LogP contribution in [0.25, 0.3) is 0 Å². The molecule has 0 saturated heterocycles. The van der Waals surface area contributed by atoms with E-state index in [1.165, 1.54) is 12.1 Å². The van der Waals surface area contributed by atoms with Gasteiger partial charge in [0.1, 0.15) is 11.6 Å². The number of hydrogen-bond donors (Lipinski definition) is 2. The third-order valence-electron chi connectivity index (χ3n) is 6.79. The predicted octanol–water partition coefficient (Wildman–Crippen LogP) is 5.29. The van der Waals surface area contributed by atoms with Crippen molar-refractivity contribution >= 4 is 23.1 Å². The fourth-order valence-electron chi connectivity index (χ4n) is 5.19. The number of nitrogens with one attached hydrogen (secondary N) is 2. The van der Waals surface area contributed by atoms with Crippen LogP contribution in [0.1, 0.15) is 43.9 Å². The summed E-state index contributed by atoms with van der Waals surface area (Å²) in [4.78, 5) is 32.6. The fraction of sp³-hybridized carbons (Fsp3) is 0.276. The van der Waals surface area contributed by atoms with E-state index in [9.17, 15) is 14.0 Å². The molecule has 190 valence electrons. The Bertz CT molecular complexity index is 1390. The first-order valence-electron chi connectivity index (χ1n) is 12.2. The molecule has 1 amide bonds. The smallest absolute Gasteiger partial charge is 0.239 e. The van der Waals surface area contributed by atoms with E-state index in [1.807, 2.05) is 44.2 Å². The van der Waals surface area contributed by atoms with Crippen molar-refractivity contribution in [1.82, 2.24) is 10.3 Å². The van der Waals surface area contributed by atoms with Crippen LogP contribution in [0.2, 0.25) is 0 Å². The third kappa shape index (κ3) is 5.09. The lowest BCUT2D eigenvalue weighted by Crippen LogP contribution is -2.42. The number of allylic oxidation sites excluding steroid dienone is 1. The third-order valence-corrected chi connectivity index (χ3v) is 6.79. The van der Waals surface area contributed by atoms with Gasteiger partial charge in [-0.05, 0) is 41.7 Å². The molecule has 2 heterocycles. The Morgan fingerprint density at radius 1 is 1.14 bits per heavy atom. The van der Waals surface area contributed by atoms with Crippen molar-refractivity contribution in [3.63, 3.8) is 0 Å². The topological polar surface area (TPSA) is 74.3 Å². The Morgan fingerprint density at radius 2 is 1.95 bits per heavy atom. The number of anilines is 2. The van der Waals surface area contributed by atoms with Crippen LogP contribution in [-0.4, -0.2) is 23.2 Å². The molecule has 8 heteroatoms. The highest BCUT2D eigenvalue weighted by Gasteiger charge is 2.42. The molecule has 0 radical (unpaired) electrons. The first-order valence-corrected chi connectivity index (χ1v) is 12.2. The summed E-state index contributed by atoms with van der Waals surface area (Å²) < 4.78 is 29.2. The lowest BCUT2D eigenvalue weighted by atomic mass is 9.73. The summed E-state index contributed by atoms with van der Waals surface area (Å²) in [6.45, 7) is 4.17. The summed E-state index contributed by atoms with van der Waals surface area (Å²) in [5.41, 5.74) is 3.14. The summed E-state index contributed by atoms with van der Waals surface area (Å²) in [5, 5.41) is 6.31. The molecule has 1 aliphatic heterocycles. The maximum atomic E-state index is 15.3. The van der Waals surface area contributed by atoms with Gasteiger partial charge in [-0.3, -0.25) is 14.6 Å². The number of aromatic nitrogens is 1. The molecule has 0 saturated carbocycles. The summed E-state index contributed by atoms with van der Waals surface area (Å²) >= 11 is 0. The van der Waals surface area contributed by atoms with Gasteiger partial charge < -0.3 is 15.5 Å². The van der Waals surface area contributed by atoms with Crippen LogP contribution in [0.4, 0.5) is 20.2 Å². The van der Waals surface area contributed by atoms with Crippen LogP contribution in [0, 0.1) is 17.0 Å². The molecule has 5 rings (SSSR count). The van der Waals surface area contributed by atoms with Gasteiger partial charge in [0.25, 0.3) is 0 Å². The summed E-state index contributed by atoms with van der Waals surface area (Å²) in [5.74, 6) is -1.91. The van der Waals surface area contributed by atoms with Crippen molar-refractivity contribution in [3.8, 4) is 0 Å². The maximum absolute atomic E-state index is 15.3. The van der Waals surface area contributed by atoms with Crippen molar-refractivity contribution in [2.24, 2.45) is 5.41 Å². The van der Waals surface area contributed by atoms with Gasteiger partial charge in [0, 0.05) is 48.3 Å².